The highest BCUT2D eigenvalue weighted by Gasteiger charge is 2.21. The quantitative estimate of drug-likeness (QED) is 0.732. The average Bonchev–Trinajstić information content (AvgIpc) is 3.26. The Morgan fingerprint density at radius 3 is 2.68 bits per heavy atom. The minimum atomic E-state index is -3.46. The zero-order valence-corrected chi connectivity index (χ0v) is 15.1. The van der Waals surface area contributed by atoms with Crippen molar-refractivity contribution in [3.63, 3.8) is 0 Å². The molecule has 1 aromatic carbocycles. The molecule has 2 aromatic heterocycles. The number of nitrogens with zero attached hydrogens (tertiary/aromatic N) is 2. The molecule has 0 aliphatic heterocycles. The lowest BCUT2D eigenvalue weighted by atomic mass is 10.2. The first-order chi connectivity index (χ1) is 11.9. The molecular weight excluding hydrogens is 362 g/mol. The Balaban J connectivity index is 1.80. The second-order valence-electron chi connectivity index (χ2n) is 5.47. The van der Waals surface area contributed by atoms with Gasteiger partial charge in [0.25, 0.3) is 11.8 Å². The Morgan fingerprint density at radius 1 is 1.20 bits per heavy atom. The van der Waals surface area contributed by atoms with E-state index in [1.54, 1.807) is 13.8 Å². The van der Waals surface area contributed by atoms with Gasteiger partial charge in [0.2, 0.25) is 0 Å². The summed E-state index contributed by atoms with van der Waals surface area (Å²) in [6.07, 6.45) is 0. The van der Waals surface area contributed by atoms with Crippen LogP contribution in [0, 0.1) is 0 Å². The van der Waals surface area contributed by atoms with Gasteiger partial charge in [-0.1, -0.05) is 17.2 Å². The van der Waals surface area contributed by atoms with E-state index < -0.39 is 21.0 Å². The number of hydrogen-bond donors (Lipinski definition) is 1. The third kappa shape index (κ3) is 3.62. The van der Waals surface area contributed by atoms with Crippen molar-refractivity contribution in [2.24, 2.45) is 0 Å². The molecule has 1 amide bonds. The molecule has 2 heterocycles. The van der Waals surface area contributed by atoms with Gasteiger partial charge in [-0.15, -0.1) is 16.4 Å². The van der Waals surface area contributed by atoms with Crippen LogP contribution in [0.15, 0.2) is 51.1 Å². The number of aromatic nitrogens is 2. The molecule has 0 bridgehead atoms. The summed E-state index contributed by atoms with van der Waals surface area (Å²) in [5.74, 6) is -0.219. The largest absolute Gasteiger partial charge is 0.402 e. The molecule has 0 radical (unpaired) electrons. The Bertz CT molecular complexity index is 992. The van der Waals surface area contributed by atoms with Crippen LogP contribution in [0.2, 0.25) is 0 Å². The smallest absolute Gasteiger partial charge is 0.322 e. The molecule has 7 nitrogen and oxygen atoms in total. The first kappa shape index (κ1) is 17.3. The summed E-state index contributed by atoms with van der Waals surface area (Å²) in [6, 6.07) is 9.47. The van der Waals surface area contributed by atoms with Crippen LogP contribution >= 0.6 is 11.3 Å². The van der Waals surface area contributed by atoms with Gasteiger partial charge in [-0.25, -0.2) is 8.42 Å². The van der Waals surface area contributed by atoms with Gasteiger partial charge in [-0.3, -0.25) is 10.1 Å². The molecule has 25 heavy (non-hydrogen) atoms. The van der Waals surface area contributed by atoms with E-state index in [9.17, 15) is 13.2 Å². The van der Waals surface area contributed by atoms with E-state index in [2.05, 4.69) is 15.5 Å². The van der Waals surface area contributed by atoms with Crippen LogP contribution in [0.4, 0.5) is 6.01 Å². The summed E-state index contributed by atoms with van der Waals surface area (Å²) in [6.45, 7) is 3.18. The zero-order valence-electron chi connectivity index (χ0n) is 13.5. The van der Waals surface area contributed by atoms with Crippen LogP contribution < -0.4 is 5.32 Å². The number of rotatable bonds is 5. The third-order valence-corrected chi connectivity index (χ3v) is 6.43. The van der Waals surface area contributed by atoms with Crippen molar-refractivity contribution < 1.29 is 17.6 Å². The molecule has 3 rings (SSSR count). The van der Waals surface area contributed by atoms with Crippen LogP contribution in [0.3, 0.4) is 0 Å². The zero-order chi connectivity index (χ0) is 18.0. The molecule has 0 saturated heterocycles. The molecule has 0 aliphatic rings. The van der Waals surface area contributed by atoms with Gasteiger partial charge < -0.3 is 4.42 Å². The van der Waals surface area contributed by atoms with E-state index in [0.29, 0.717) is 5.89 Å². The third-order valence-electron chi connectivity index (χ3n) is 3.42. The molecule has 0 unspecified atom stereocenters. The summed E-state index contributed by atoms with van der Waals surface area (Å²) in [4.78, 5) is 13.2. The fourth-order valence-corrected chi connectivity index (χ4v) is 3.78. The van der Waals surface area contributed by atoms with Crippen molar-refractivity contribution in [2.45, 2.75) is 24.0 Å². The standard InChI is InChI=1S/C16H15N3O4S2/c1-10(2)25(21,22)12-6-3-5-11(9-12)14(20)17-16-19-18-15(23-16)13-7-4-8-24-13/h3-10H,1-2H3,(H,17,19,20). The number of carbonyl (C=O) groups is 1. The molecule has 0 aliphatic carbocycles. The molecular formula is C16H15N3O4S2. The number of benzene rings is 1. The Morgan fingerprint density at radius 2 is 2.00 bits per heavy atom. The van der Waals surface area contributed by atoms with Crippen molar-refractivity contribution in [3.05, 3.63) is 47.3 Å². The monoisotopic (exact) mass is 377 g/mol. The lowest BCUT2D eigenvalue weighted by molar-refractivity contribution is 0.102. The molecule has 130 valence electrons. The molecule has 0 atom stereocenters. The highest BCUT2D eigenvalue weighted by molar-refractivity contribution is 7.92. The van der Waals surface area contributed by atoms with Gasteiger partial charge in [-0.2, -0.15) is 0 Å². The number of sulfone groups is 1. The maximum absolute atomic E-state index is 12.3. The van der Waals surface area contributed by atoms with Crippen LogP contribution in [-0.4, -0.2) is 29.8 Å². The topological polar surface area (TPSA) is 102 Å². The Hall–Kier alpha value is -2.52. The van der Waals surface area contributed by atoms with Crippen molar-refractivity contribution in [2.75, 3.05) is 5.32 Å². The molecule has 0 saturated carbocycles. The molecule has 3 aromatic rings. The summed E-state index contributed by atoms with van der Waals surface area (Å²) in [5, 5.41) is 11.4. The van der Waals surface area contributed by atoms with Crippen molar-refractivity contribution in [3.8, 4) is 10.8 Å². The summed E-state index contributed by atoms with van der Waals surface area (Å²) < 4.78 is 29.9. The number of amides is 1. The molecule has 9 heteroatoms. The number of hydrogen-bond acceptors (Lipinski definition) is 7. The Kier molecular flexibility index (Phi) is 4.69. The van der Waals surface area contributed by atoms with Gasteiger partial charge in [0, 0.05) is 5.56 Å². The predicted molar refractivity (Wildman–Crippen MR) is 94.3 cm³/mol. The van der Waals surface area contributed by atoms with E-state index in [-0.39, 0.29) is 16.5 Å². The van der Waals surface area contributed by atoms with E-state index >= 15 is 0 Å². The van der Waals surface area contributed by atoms with Crippen molar-refractivity contribution in [1.29, 1.82) is 0 Å². The van der Waals surface area contributed by atoms with Gasteiger partial charge in [0.05, 0.1) is 15.0 Å². The number of carbonyl (C=O) groups excluding carboxylic acids is 1. The van der Waals surface area contributed by atoms with E-state index in [0.717, 1.165) is 4.88 Å². The fraction of sp³-hybridized carbons (Fsp3) is 0.188. The average molecular weight is 377 g/mol. The van der Waals surface area contributed by atoms with Gasteiger partial charge in [0.1, 0.15) is 0 Å². The highest BCUT2D eigenvalue weighted by atomic mass is 32.2. The SMILES string of the molecule is CC(C)S(=O)(=O)c1cccc(C(=O)Nc2nnc(-c3cccs3)o2)c1. The Labute approximate surface area is 148 Å². The minimum Gasteiger partial charge on any atom is -0.402 e. The van der Waals surface area contributed by atoms with Gasteiger partial charge in [-0.05, 0) is 43.5 Å². The van der Waals surface area contributed by atoms with Gasteiger partial charge >= 0.3 is 6.01 Å². The van der Waals surface area contributed by atoms with Crippen LogP contribution in [0.1, 0.15) is 24.2 Å². The van der Waals surface area contributed by atoms with Crippen LogP contribution in [0.25, 0.3) is 10.8 Å². The van der Waals surface area contributed by atoms with Crippen LogP contribution in [-0.2, 0) is 9.84 Å². The number of anilines is 1. The predicted octanol–water partition coefficient (Wildman–Crippen LogP) is 3.23. The summed E-state index contributed by atoms with van der Waals surface area (Å²) >= 11 is 1.44. The maximum atomic E-state index is 12.3. The van der Waals surface area contributed by atoms with Gasteiger partial charge in [0.15, 0.2) is 9.84 Å². The second-order valence-corrected chi connectivity index (χ2v) is 8.92. The van der Waals surface area contributed by atoms with E-state index in [4.69, 9.17) is 4.42 Å². The summed E-state index contributed by atoms with van der Waals surface area (Å²) in [7, 11) is -3.46. The van der Waals surface area contributed by atoms with Crippen molar-refractivity contribution in [1.82, 2.24) is 10.2 Å². The van der Waals surface area contributed by atoms with Crippen molar-refractivity contribution >= 4 is 33.1 Å². The normalized spacial score (nSPS) is 11.6. The maximum Gasteiger partial charge on any atom is 0.322 e. The second kappa shape index (κ2) is 6.77. The van der Waals surface area contributed by atoms with E-state index in [1.165, 1.54) is 35.6 Å². The highest BCUT2D eigenvalue weighted by Crippen LogP contribution is 2.24. The first-order valence-corrected chi connectivity index (χ1v) is 9.83. The van der Waals surface area contributed by atoms with E-state index in [1.807, 2.05) is 17.5 Å². The molecule has 0 spiro atoms. The van der Waals surface area contributed by atoms with Crippen LogP contribution in [0.5, 0.6) is 0 Å². The minimum absolute atomic E-state index is 0.0504. The number of thiophene rings is 1. The lowest BCUT2D eigenvalue weighted by Crippen LogP contribution is -2.16. The fourth-order valence-electron chi connectivity index (χ4n) is 2.03. The number of nitrogens with one attached hydrogen (secondary N) is 1. The molecule has 1 N–H and O–H groups in total. The lowest BCUT2D eigenvalue weighted by Gasteiger charge is -2.09. The summed E-state index contributed by atoms with van der Waals surface area (Å²) in [5.41, 5.74) is 0.192. The first-order valence-electron chi connectivity index (χ1n) is 7.40. The molecule has 0 fully saturated rings.